The lowest BCUT2D eigenvalue weighted by atomic mass is 9.73. The van der Waals surface area contributed by atoms with Crippen molar-refractivity contribution in [2.75, 3.05) is 7.05 Å². The number of nitrogens with zero attached hydrogens (tertiary/aromatic N) is 1. The molecule has 0 radical (unpaired) electrons. The van der Waals surface area contributed by atoms with E-state index in [0.29, 0.717) is 23.4 Å². The third-order valence-corrected chi connectivity index (χ3v) is 5.25. The zero-order valence-electron chi connectivity index (χ0n) is 10.7. The first-order valence-corrected chi connectivity index (χ1v) is 6.85. The summed E-state index contributed by atoms with van der Waals surface area (Å²) < 4.78 is 0. The van der Waals surface area contributed by atoms with Crippen LogP contribution in [0.4, 0.5) is 0 Å². The lowest BCUT2D eigenvalue weighted by Gasteiger charge is -2.45. The van der Waals surface area contributed by atoms with Crippen LogP contribution in [-0.4, -0.2) is 29.0 Å². The summed E-state index contributed by atoms with van der Waals surface area (Å²) >= 11 is 5.42. The van der Waals surface area contributed by atoms with Gasteiger partial charge < -0.3 is 10.6 Å². The number of thiocarbonyl (C=S) groups is 1. The fourth-order valence-corrected chi connectivity index (χ4v) is 3.72. The molecule has 0 aromatic rings. The summed E-state index contributed by atoms with van der Waals surface area (Å²) in [6, 6.07) is 0.920. The summed E-state index contributed by atoms with van der Waals surface area (Å²) in [5, 5.41) is 0. The maximum absolute atomic E-state index is 6.50. The van der Waals surface area contributed by atoms with Crippen molar-refractivity contribution in [3.8, 4) is 0 Å². The monoisotopic (exact) mass is 240 g/mol. The molecule has 3 heteroatoms. The van der Waals surface area contributed by atoms with E-state index in [1.165, 1.54) is 25.7 Å². The first-order valence-electron chi connectivity index (χ1n) is 6.45. The molecule has 2 aliphatic rings. The van der Waals surface area contributed by atoms with Crippen LogP contribution in [0.5, 0.6) is 0 Å². The molecule has 0 aromatic carbocycles. The highest BCUT2D eigenvalue weighted by Gasteiger charge is 2.43. The van der Waals surface area contributed by atoms with E-state index in [0.717, 1.165) is 11.4 Å². The van der Waals surface area contributed by atoms with Crippen molar-refractivity contribution in [3.05, 3.63) is 0 Å². The van der Waals surface area contributed by atoms with E-state index in [-0.39, 0.29) is 0 Å². The Kier molecular flexibility index (Phi) is 3.28. The quantitative estimate of drug-likeness (QED) is 0.660. The van der Waals surface area contributed by atoms with E-state index in [2.05, 4.69) is 25.8 Å². The Bertz CT molecular complexity index is 288. The average molecular weight is 240 g/mol. The van der Waals surface area contributed by atoms with Gasteiger partial charge in [-0.1, -0.05) is 32.5 Å². The zero-order valence-corrected chi connectivity index (χ0v) is 11.5. The number of likely N-dealkylation sites (tertiary alicyclic amines) is 1. The summed E-state index contributed by atoms with van der Waals surface area (Å²) in [4.78, 5) is 3.46. The minimum atomic E-state index is 0.291. The van der Waals surface area contributed by atoms with Crippen LogP contribution in [0.15, 0.2) is 0 Å². The lowest BCUT2D eigenvalue weighted by molar-refractivity contribution is 0.143. The van der Waals surface area contributed by atoms with Gasteiger partial charge in [-0.05, 0) is 37.0 Å². The van der Waals surface area contributed by atoms with Crippen molar-refractivity contribution in [1.29, 1.82) is 0 Å². The van der Waals surface area contributed by atoms with Gasteiger partial charge in [0, 0.05) is 19.1 Å². The van der Waals surface area contributed by atoms with Crippen LogP contribution < -0.4 is 5.73 Å². The molecule has 0 spiro atoms. The number of hydrogen-bond donors (Lipinski definition) is 1. The van der Waals surface area contributed by atoms with E-state index in [1.807, 2.05) is 0 Å². The predicted molar refractivity (Wildman–Crippen MR) is 72.5 cm³/mol. The number of piperidine rings is 1. The molecule has 2 rings (SSSR count). The van der Waals surface area contributed by atoms with Crippen LogP contribution in [0.3, 0.4) is 0 Å². The van der Waals surface area contributed by atoms with Crippen LogP contribution in [0.25, 0.3) is 0 Å². The highest BCUT2D eigenvalue weighted by Crippen LogP contribution is 2.41. The second kappa shape index (κ2) is 4.26. The van der Waals surface area contributed by atoms with Crippen LogP contribution in [0.1, 0.15) is 46.0 Å². The van der Waals surface area contributed by atoms with Gasteiger partial charge in [-0.2, -0.15) is 0 Å². The smallest absolute Gasteiger partial charge is 0.0779 e. The van der Waals surface area contributed by atoms with Crippen LogP contribution in [0.2, 0.25) is 0 Å². The maximum atomic E-state index is 6.50. The highest BCUT2D eigenvalue weighted by molar-refractivity contribution is 7.80. The van der Waals surface area contributed by atoms with Gasteiger partial charge in [0.15, 0.2) is 0 Å². The number of hydrogen-bond acceptors (Lipinski definition) is 2. The molecule has 3 unspecified atom stereocenters. The molecule has 92 valence electrons. The van der Waals surface area contributed by atoms with Crippen molar-refractivity contribution in [2.45, 2.75) is 58.0 Å². The fraction of sp³-hybridized carbons (Fsp3) is 0.923. The van der Waals surface area contributed by atoms with Crippen molar-refractivity contribution >= 4 is 17.2 Å². The SMILES string of the molecule is CN1C(=S)CCC2C1CCCC(C)(C)C2N. The molecule has 2 nitrogen and oxygen atoms in total. The minimum Gasteiger partial charge on any atom is -0.366 e. The third-order valence-electron chi connectivity index (χ3n) is 4.76. The summed E-state index contributed by atoms with van der Waals surface area (Å²) in [5.41, 5.74) is 6.80. The van der Waals surface area contributed by atoms with E-state index in [1.54, 1.807) is 0 Å². The molecule has 1 heterocycles. The van der Waals surface area contributed by atoms with Crippen molar-refractivity contribution < 1.29 is 0 Å². The van der Waals surface area contributed by atoms with Gasteiger partial charge >= 0.3 is 0 Å². The zero-order chi connectivity index (χ0) is 11.9. The Morgan fingerprint density at radius 1 is 1.38 bits per heavy atom. The first kappa shape index (κ1) is 12.3. The van der Waals surface area contributed by atoms with E-state index < -0.39 is 0 Å². The van der Waals surface area contributed by atoms with Gasteiger partial charge in [0.25, 0.3) is 0 Å². The molecular formula is C13H24N2S. The highest BCUT2D eigenvalue weighted by atomic mass is 32.1. The van der Waals surface area contributed by atoms with E-state index in [4.69, 9.17) is 18.0 Å². The Labute approximate surface area is 105 Å². The number of fused-ring (bicyclic) bond motifs is 1. The van der Waals surface area contributed by atoms with Crippen molar-refractivity contribution in [2.24, 2.45) is 17.1 Å². The molecule has 2 fully saturated rings. The Morgan fingerprint density at radius 3 is 2.75 bits per heavy atom. The summed E-state index contributed by atoms with van der Waals surface area (Å²) in [6.45, 7) is 4.65. The first-order chi connectivity index (χ1) is 7.43. The van der Waals surface area contributed by atoms with Gasteiger partial charge in [-0.15, -0.1) is 0 Å². The molecule has 0 amide bonds. The topological polar surface area (TPSA) is 29.3 Å². The molecule has 3 atom stereocenters. The Morgan fingerprint density at radius 2 is 2.06 bits per heavy atom. The minimum absolute atomic E-state index is 0.291. The van der Waals surface area contributed by atoms with Crippen LogP contribution in [-0.2, 0) is 0 Å². The van der Waals surface area contributed by atoms with Crippen molar-refractivity contribution in [3.63, 3.8) is 0 Å². The third kappa shape index (κ3) is 2.00. The summed E-state index contributed by atoms with van der Waals surface area (Å²) in [7, 11) is 2.16. The van der Waals surface area contributed by atoms with Crippen molar-refractivity contribution in [1.82, 2.24) is 4.90 Å². The second-order valence-corrected chi connectivity index (χ2v) is 6.65. The standard InChI is InChI=1S/C13H24N2S/c1-13(2)8-4-5-10-9(12(13)14)6-7-11(16)15(10)3/h9-10,12H,4-8,14H2,1-3H3. The molecule has 0 bridgehead atoms. The Balaban J connectivity index is 2.23. The molecular weight excluding hydrogens is 216 g/mol. The average Bonchev–Trinajstić information content (AvgIpc) is 2.33. The normalized spacial score (nSPS) is 39.1. The number of nitrogens with two attached hydrogens (primary N) is 1. The maximum Gasteiger partial charge on any atom is 0.0779 e. The number of rotatable bonds is 0. The van der Waals surface area contributed by atoms with E-state index in [9.17, 15) is 0 Å². The largest absolute Gasteiger partial charge is 0.366 e. The molecule has 1 saturated heterocycles. The molecule has 2 N–H and O–H groups in total. The molecule has 1 saturated carbocycles. The summed E-state index contributed by atoms with van der Waals surface area (Å²) in [6.07, 6.45) is 6.05. The Hall–Kier alpha value is -0.150. The van der Waals surface area contributed by atoms with Crippen LogP contribution in [0, 0.1) is 11.3 Å². The van der Waals surface area contributed by atoms with Gasteiger partial charge in [0.05, 0.1) is 4.99 Å². The lowest BCUT2D eigenvalue weighted by Crippen LogP contribution is -2.54. The molecule has 0 aromatic heterocycles. The van der Waals surface area contributed by atoms with E-state index >= 15 is 0 Å². The fourth-order valence-electron chi connectivity index (χ4n) is 3.47. The summed E-state index contributed by atoms with van der Waals surface area (Å²) in [5.74, 6) is 0.634. The predicted octanol–water partition coefficient (Wildman–Crippen LogP) is 2.56. The van der Waals surface area contributed by atoms with Gasteiger partial charge in [-0.3, -0.25) is 0 Å². The van der Waals surface area contributed by atoms with Gasteiger partial charge in [-0.25, -0.2) is 0 Å². The molecule has 16 heavy (non-hydrogen) atoms. The second-order valence-electron chi connectivity index (χ2n) is 6.18. The van der Waals surface area contributed by atoms with Gasteiger partial charge in [0.1, 0.15) is 0 Å². The van der Waals surface area contributed by atoms with Gasteiger partial charge in [0.2, 0.25) is 0 Å². The molecule has 1 aliphatic heterocycles. The molecule has 1 aliphatic carbocycles. The van der Waals surface area contributed by atoms with Crippen LogP contribution >= 0.6 is 12.2 Å².